The largest absolute Gasteiger partial charge is 0.484 e. The number of carbonyl (C=O) groups is 2. The van der Waals surface area contributed by atoms with Crippen LogP contribution in [0.5, 0.6) is 5.75 Å². The lowest BCUT2D eigenvalue weighted by molar-refractivity contribution is -0.123. The van der Waals surface area contributed by atoms with Crippen molar-refractivity contribution in [1.29, 1.82) is 0 Å². The minimum Gasteiger partial charge on any atom is -0.484 e. The van der Waals surface area contributed by atoms with Crippen molar-refractivity contribution in [2.24, 2.45) is 0 Å². The fourth-order valence-corrected chi connectivity index (χ4v) is 3.57. The summed E-state index contributed by atoms with van der Waals surface area (Å²) in [6.45, 7) is 0.523. The van der Waals surface area contributed by atoms with Crippen LogP contribution in [0.2, 0.25) is 0 Å². The van der Waals surface area contributed by atoms with E-state index in [0.29, 0.717) is 30.2 Å². The highest BCUT2D eigenvalue weighted by molar-refractivity contribution is 9.10. The summed E-state index contributed by atoms with van der Waals surface area (Å²) in [6, 6.07) is 22.4. The van der Waals surface area contributed by atoms with Crippen molar-refractivity contribution in [2.45, 2.75) is 13.1 Å². The third kappa shape index (κ3) is 5.76. The third-order valence-electron chi connectivity index (χ3n) is 4.83. The molecular weight excluding hydrogens is 472 g/mol. The summed E-state index contributed by atoms with van der Waals surface area (Å²) in [7, 11) is 0. The number of nitrogens with one attached hydrogen (secondary N) is 2. The van der Waals surface area contributed by atoms with Gasteiger partial charge in [0, 0.05) is 16.6 Å². The molecule has 0 fully saturated rings. The maximum absolute atomic E-state index is 12.3. The van der Waals surface area contributed by atoms with E-state index in [1.807, 2.05) is 42.5 Å². The van der Waals surface area contributed by atoms with Gasteiger partial charge in [0.1, 0.15) is 11.5 Å². The number of fused-ring (bicyclic) bond motifs is 1. The highest BCUT2D eigenvalue weighted by atomic mass is 79.9. The molecule has 4 aromatic rings. The number of amides is 2. The monoisotopic (exact) mass is 492 g/mol. The van der Waals surface area contributed by atoms with E-state index in [4.69, 9.17) is 9.15 Å². The maximum atomic E-state index is 12.3. The number of rotatable bonds is 8. The van der Waals surface area contributed by atoms with Gasteiger partial charge in [0.05, 0.1) is 12.8 Å². The first-order valence-corrected chi connectivity index (χ1v) is 10.8. The molecule has 0 atom stereocenters. The Kier molecular flexibility index (Phi) is 6.87. The van der Waals surface area contributed by atoms with Gasteiger partial charge in [0.25, 0.3) is 11.8 Å². The minimum atomic E-state index is -0.242. The number of halogens is 1. The molecule has 4 rings (SSSR count). The number of furan rings is 1. The molecule has 0 saturated heterocycles. The smallest absolute Gasteiger partial charge is 0.258 e. The zero-order chi connectivity index (χ0) is 22.3. The van der Waals surface area contributed by atoms with Crippen LogP contribution in [0, 0.1) is 0 Å². The molecule has 0 radical (unpaired) electrons. The van der Waals surface area contributed by atoms with E-state index in [1.165, 1.54) is 0 Å². The summed E-state index contributed by atoms with van der Waals surface area (Å²) in [4.78, 5) is 24.6. The van der Waals surface area contributed by atoms with E-state index >= 15 is 0 Å². The SMILES string of the molecule is O=C(COc1ccc2cc(Br)ccc2c1)NCc1cccc(C(=O)NCc2ccco2)c1. The highest BCUT2D eigenvalue weighted by Gasteiger charge is 2.08. The molecular formula is C25H21BrN2O4. The maximum Gasteiger partial charge on any atom is 0.258 e. The van der Waals surface area contributed by atoms with E-state index in [1.54, 1.807) is 36.6 Å². The molecule has 162 valence electrons. The molecule has 0 unspecified atom stereocenters. The molecule has 2 N–H and O–H groups in total. The fraction of sp³-hybridized carbons (Fsp3) is 0.120. The van der Waals surface area contributed by atoms with Crippen molar-refractivity contribution in [3.63, 3.8) is 0 Å². The molecule has 0 aliphatic rings. The fourth-order valence-electron chi connectivity index (χ4n) is 3.19. The summed E-state index contributed by atoms with van der Waals surface area (Å²) in [5.74, 6) is 0.862. The molecule has 32 heavy (non-hydrogen) atoms. The predicted octanol–water partition coefficient (Wildman–Crippen LogP) is 4.82. The van der Waals surface area contributed by atoms with Crippen molar-refractivity contribution in [2.75, 3.05) is 6.61 Å². The predicted molar refractivity (Wildman–Crippen MR) is 125 cm³/mol. The van der Waals surface area contributed by atoms with Crippen molar-refractivity contribution in [3.05, 3.63) is 100 Å². The van der Waals surface area contributed by atoms with Crippen molar-refractivity contribution in [3.8, 4) is 5.75 Å². The first-order valence-electron chi connectivity index (χ1n) is 10.1. The van der Waals surface area contributed by atoms with Crippen LogP contribution in [0.4, 0.5) is 0 Å². The van der Waals surface area contributed by atoms with Crippen LogP contribution in [0.15, 0.2) is 87.9 Å². The molecule has 7 heteroatoms. The average molecular weight is 493 g/mol. The van der Waals surface area contributed by atoms with E-state index in [9.17, 15) is 9.59 Å². The Labute approximate surface area is 193 Å². The van der Waals surface area contributed by atoms with E-state index in [0.717, 1.165) is 20.8 Å². The van der Waals surface area contributed by atoms with Crippen LogP contribution < -0.4 is 15.4 Å². The van der Waals surface area contributed by atoms with Gasteiger partial charge in [-0.3, -0.25) is 9.59 Å². The van der Waals surface area contributed by atoms with Crippen molar-refractivity contribution < 1.29 is 18.7 Å². The first kappa shape index (κ1) is 21.6. The van der Waals surface area contributed by atoms with Crippen LogP contribution in [0.3, 0.4) is 0 Å². The highest BCUT2D eigenvalue weighted by Crippen LogP contribution is 2.24. The van der Waals surface area contributed by atoms with Gasteiger partial charge in [0.15, 0.2) is 6.61 Å². The molecule has 6 nitrogen and oxygen atoms in total. The van der Waals surface area contributed by atoms with Crippen LogP contribution >= 0.6 is 15.9 Å². The van der Waals surface area contributed by atoms with Gasteiger partial charge in [-0.1, -0.05) is 40.2 Å². The van der Waals surface area contributed by atoms with E-state index in [2.05, 4.69) is 26.6 Å². The summed E-state index contributed by atoms with van der Waals surface area (Å²) in [5, 5.41) is 7.75. The lowest BCUT2D eigenvalue weighted by Gasteiger charge is -2.10. The summed E-state index contributed by atoms with van der Waals surface area (Å²) >= 11 is 3.46. The molecule has 3 aromatic carbocycles. The molecule has 0 aliphatic carbocycles. The molecule has 1 heterocycles. The lowest BCUT2D eigenvalue weighted by atomic mass is 10.1. The van der Waals surface area contributed by atoms with Crippen molar-refractivity contribution in [1.82, 2.24) is 10.6 Å². The van der Waals surface area contributed by atoms with Crippen LogP contribution in [0.25, 0.3) is 10.8 Å². The van der Waals surface area contributed by atoms with Gasteiger partial charge in [-0.2, -0.15) is 0 Å². The van der Waals surface area contributed by atoms with E-state index < -0.39 is 0 Å². The Morgan fingerprint density at radius 1 is 0.875 bits per heavy atom. The quantitative estimate of drug-likeness (QED) is 0.369. The third-order valence-corrected chi connectivity index (χ3v) is 5.32. The van der Waals surface area contributed by atoms with Gasteiger partial charge >= 0.3 is 0 Å². The Balaban J connectivity index is 1.27. The second kappa shape index (κ2) is 10.2. The molecule has 0 aliphatic heterocycles. The first-order chi connectivity index (χ1) is 15.6. The number of ether oxygens (including phenoxy) is 1. The zero-order valence-electron chi connectivity index (χ0n) is 17.1. The van der Waals surface area contributed by atoms with Crippen LogP contribution in [0.1, 0.15) is 21.7 Å². The van der Waals surface area contributed by atoms with Gasteiger partial charge in [-0.15, -0.1) is 0 Å². The van der Waals surface area contributed by atoms with Gasteiger partial charge in [-0.05, 0) is 64.9 Å². The number of carbonyl (C=O) groups excluding carboxylic acids is 2. The normalized spacial score (nSPS) is 10.7. The minimum absolute atomic E-state index is 0.0919. The van der Waals surface area contributed by atoms with Gasteiger partial charge in [-0.25, -0.2) is 0 Å². The molecule has 0 spiro atoms. The van der Waals surface area contributed by atoms with E-state index in [-0.39, 0.29) is 18.4 Å². The Bertz CT molecular complexity index is 1240. The topological polar surface area (TPSA) is 80.6 Å². The second-order valence-corrected chi connectivity index (χ2v) is 8.10. The summed E-state index contributed by atoms with van der Waals surface area (Å²) in [5.41, 5.74) is 1.34. The summed E-state index contributed by atoms with van der Waals surface area (Å²) < 4.78 is 11.9. The van der Waals surface area contributed by atoms with Gasteiger partial charge < -0.3 is 19.8 Å². The number of hydrogen-bond acceptors (Lipinski definition) is 4. The average Bonchev–Trinajstić information content (AvgIpc) is 3.33. The van der Waals surface area contributed by atoms with Crippen LogP contribution in [-0.2, 0) is 17.9 Å². The molecule has 0 saturated carbocycles. The van der Waals surface area contributed by atoms with Crippen LogP contribution in [-0.4, -0.2) is 18.4 Å². The number of benzene rings is 3. The Morgan fingerprint density at radius 2 is 1.72 bits per heavy atom. The lowest BCUT2D eigenvalue weighted by Crippen LogP contribution is -2.28. The Morgan fingerprint density at radius 3 is 2.56 bits per heavy atom. The second-order valence-electron chi connectivity index (χ2n) is 7.18. The summed E-state index contributed by atoms with van der Waals surface area (Å²) in [6.07, 6.45) is 1.56. The molecule has 2 amide bonds. The molecule has 0 bridgehead atoms. The Hall–Kier alpha value is -3.58. The standard InChI is InChI=1S/C25H21BrN2O4/c26-21-8-6-19-13-22(9-7-18(19)12-21)32-16-24(29)27-14-17-3-1-4-20(11-17)25(30)28-15-23-5-2-10-31-23/h1-13H,14-16H2,(H,27,29)(H,28,30). The molecule has 1 aromatic heterocycles. The zero-order valence-corrected chi connectivity index (χ0v) is 18.7. The van der Waals surface area contributed by atoms with Gasteiger partial charge in [0.2, 0.25) is 0 Å². The van der Waals surface area contributed by atoms with Crippen molar-refractivity contribution >= 4 is 38.5 Å². The number of hydrogen-bond donors (Lipinski definition) is 2.